The fourth-order valence-electron chi connectivity index (χ4n) is 6.16. The Morgan fingerprint density at radius 2 is 2.15 bits per heavy atom. The number of amides is 1. The molecule has 2 saturated heterocycles. The van der Waals surface area contributed by atoms with Crippen LogP contribution in [-0.4, -0.2) is 52.2 Å². The second kappa shape index (κ2) is 12.1. The van der Waals surface area contributed by atoms with E-state index in [1.54, 1.807) is 16.8 Å². The van der Waals surface area contributed by atoms with E-state index >= 15 is 0 Å². The number of carbonyl (C=O) groups is 1. The third-order valence-electron chi connectivity index (χ3n) is 8.01. The lowest BCUT2D eigenvalue weighted by molar-refractivity contribution is -0.138. The second-order valence-electron chi connectivity index (χ2n) is 11.4. The molecule has 0 radical (unpaired) electrons. The molecule has 3 N–H and O–H groups in total. The number of nitrogen functional groups attached to an aromatic ring is 1. The van der Waals surface area contributed by atoms with Crippen molar-refractivity contribution in [3.8, 4) is 0 Å². The molecule has 216 valence electrons. The molecule has 0 spiro atoms. The molecular formula is C31H42FN5O3. The van der Waals surface area contributed by atoms with Crippen molar-refractivity contribution < 1.29 is 18.7 Å². The minimum atomic E-state index is -0.580. The van der Waals surface area contributed by atoms with Crippen LogP contribution < -0.4 is 11.1 Å². The summed E-state index contributed by atoms with van der Waals surface area (Å²) < 4.78 is 27.5. The normalized spacial score (nSPS) is 24.5. The van der Waals surface area contributed by atoms with Gasteiger partial charge in [-0.2, -0.15) is 5.10 Å². The van der Waals surface area contributed by atoms with Crippen molar-refractivity contribution in [1.82, 2.24) is 20.0 Å². The van der Waals surface area contributed by atoms with E-state index in [0.717, 1.165) is 62.0 Å². The van der Waals surface area contributed by atoms with Crippen LogP contribution in [0.15, 0.2) is 36.0 Å². The summed E-state index contributed by atoms with van der Waals surface area (Å²) in [6, 6.07) is 5.37. The third-order valence-corrected chi connectivity index (χ3v) is 8.01. The number of anilines is 1. The van der Waals surface area contributed by atoms with E-state index in [1.807, 2.05) is 26.1 Å². The SMILES string of the molecule is CCCc1ccc(F)cc1[C@H]1CCCN1C1=C/CCCc2c(C(=O)NCCC3COC(C)(C)O3)c(N)nn2/C=C\1. The van der Waals surface area contributed by atoms with Gasteiger partial charge in [-0.25, -0.2) is 9.07 Å². The number of allylic oxidation sites excluding steroid dienone is 2. The first-order chi connectivity index (χ1) is 19.3. The average molecular weight is 552 g/mol. The summed E-state index contributed by atoms with van der Waals surface area (Å²) in [4.78, 5) is 15.6. The minimum Gasteiger partial charge on any atom is -0.382 e. The third kappa shape index (κ3) is 6.25. The van der Waals surface area contributed by atoms with Crippen LogP contribution >= 0.6 is 0 Å². The van der Waals surface area contributed by atoms with Crippen LogP contribution in [0.3, 0.4) is 0 Å². The van der Waals surface area contributed by atoms with Crippen molar-refractivity contribution in [1.29, 1.82) is 0 Å². The van der Waals surface area contributed by atoms with Crippen molar-refractivity contribution in [2.75, 3.05) is 25.4 Å². The molecule has 0 aliphatic carbocycles. The van der Waals surface area contributed by atoms with Gasteiger partial charge in [-0.1, -0.05) is 25.5 Å². The molecule has 1 amide bonds. The number of aryl methyl sites for hydroxylation is 1. The predicted molar refractivity (Wildman–Crippen MR) is 154 cm³/mol. The molecule has 4 heterocycles. The van der Waals surface area contributed by atoms with Crippen LogP contribution in [0.4, 0.5) is 10.2 Å². The zero-order valence-electron chi connectivity index (χ0n) is 23.9. The minimum absolute atomic E-state index is 0.0452. The zero-order chi connectivity index (χ0) is 28.3. The Morgan fingerprint density at radius 1 is 1.30 bits per heavy atom. The van der Waals surface area contributed by atoms with Gasteiger partial charge in [-0.05, 0) is 88.1 Å². The van der Waals surface area contributed by atoms with Gasteiger partial charge in [-0.15, -0.1) is 0 Å². The second-order valence-corrected chi connectivity index (χ2v) is 11.4. The number of rotatable bonds is 8. The summed E-state index contributed by atoms with van der Waals surface area (Å²) >= 11 is 0. The van der Waals surface area contributed by atoms with Crippen LogP contribution in [0.25, 0.3) is 6.20 Å². The largest absolute Gasteiger partial charge is 0.382 e. The van der Waals surface area contributed by atoms with Gasteiger partial charge in [0, 0.05) is 25.0 Å². The molecular weight excluding hydrogens is 509 g/mol. The van der Waals surface area contributed by atoms with Gasteiger partial charge < -0.3 is 25.4 Å². The van der Waals surface area contributed by atoms with Gasteiger partial charge >= 0.3 is 0 Å². The molecule has 5 rings (SSSR count). The van der Waals surface area contributed by atoms with E-state index < -0.39 is 5.79 Å². The smallest absolute Gasteiger partial charge is 0.256 e. The summed E-state index contributed by atoms with van der Waals surface area (Å²) in [7, 11) is 0. The standard InChI is InChI=1S/C31H42FN5O3/c1-4-8-21-12-13-22(32)19-25(21)26-11-7-17-36(26)23-9-5-6-10-27-28(29(33)35-37(27)18-15-23)30(38)34-16-14-24-20-39-31(2,3)40-24/h9,12-13,15,18-19,24,26H,4-8,10-11,14,16-17,20H2,1-3H3,(H2,33,35)(H,34,38)/b18-15-,23-9+/t24?,26-/m1/s1. The topological polar surface area (TPSA) is 94.6 Å². The molecule has 2 aromatic rings. The highest BCUT2D eigenvalue weighted by Crippen LogP contribution is 2.38. The highest BCUT2D eigenvalue weighted by molar-refractivity contribution is 5.99. The molecule has 1 aromatic heterocycles. The quantitative estimate of drug-likeness (QED) is 0.459. The number of hydrogen-bond donors (Lipinski definition) is 2. The van der Waals surface area contributed by atoms with Crippen LogP contribution in [-0.2, 0) is 22.3 Å². The molecule has 0 bridgehead atoms. The summed E-state index contributed by atoms with van der Waals surface area (Å²) in [5, 5.41) is 7.51. The van der Waals surface area contributed by atoms with E-state index in [4.69, 9.17) is 15.2 Å². The Morgan fingerprint density at radius 3 is 2.92 bits per heavy atom. The number of hydrogen-bond acceptors (Lipinski definition) is 6. The highest BCUT2D eigenvalue weighted by atomic mass is 19.1. The molecule has 2 atom stereocenters. The van der Waals surface area contributed by atoms with Gasteiger partial charge in [0.2, 0.25) is 0 Å². The fourth-order valence-corrected chi connectivity index (χ4v) is 6.16. The zero-order valence-corrected chi connectivity index (χ0v) is 23.9. The van der Waals surface area contributed by atoms with Gasteiger partial charge in [0.15, 0.2) is 11.6 Å². The van der Waals surface area contributed by atoms with Crippen molar-refractivity contribution >= 4 is 17.9 Å². The first-order valence-corrected chi connectivity index (χ1v) is 14.7. The number of nitrogens with two attached hydrogens (primary N) is 1. The summed E-state index contributed by atoms with van der Waals surface area (Å²) in [6.07, 6.45) is 13.2. The van der Waals surface area contributed by atoms with Crippen LogP contribution in [0.2, 0.25) is 0 Å². The van der Waals surface area contributed by atoms with Gasteiger partial charge in [0.25, 0.3) is 5.91 Å². The predicted octanol–water partition coefficient (Wildman–Crippen LogP) is 5.36. The van der Waals surface area contributed by atoms with Crippen molar-refractivity contribution in [2.24, 2.45) is 0 Å². The Bertz CT molecular complexity index is 1280. The van der Waals surface area contributed by atoms with E-state index in [9.17, 15) is 9.18 Å². The highest BCUT2D eigenvalue weighted by Gasteiger charge is 2.33. The lowest BCUT2D eigenvalue weighted by atomic mass is 9.95. The first-order valence-electron chi connectivity index (χ1n) is 14.7. The Labute approximate surface area is 236 Å². The lowest BCUT2D eigenvalue weighted by Gasteiger charge is -2.30. The molecule has 3 aliphatic heterocycles. The maximum atomic E-state index is 14.3. The number of fused-ring (bicyclic) bond motifs is 1. The summed E-state index contributed by atoms with van der Waals surface area (Å²) in [5.74, 6) is -0.751. The molecule has 9 heteroatoms. The number of likely N-dealkylation sites (tertiary alicyclic amines) is 1. The molecule has 0 saturated carbocycles. The average Bonchev–Trinajstić information content (AvgIpc) is 3.62. The van der Waals surface area contributed by atoms with Crippen molar-refractivity contribution in [3.63, 3.8) is 0 Å². The number of aromatic nitrogens is 2. The van der Waals surface area contributed by atoms with Gasteiger partial charge in [0.05, 0.1) is 24.4 Å². The van der Waals surface area contributed by atoms with E-state index in [-0.39, 0.29) is 29.7 Å². The number of halogens is 1. The molecule has 1 unspecified atom stereocenters. The van der Waals surface area contributed by atoms with Crippen molar-refractivity contribution in [3.05, 3.63) is 64.2 Å². The van der Waals surface area contributed by atoms with Crippen molar-refractivity contribution in [2.45, 2.75) is 90.1 Å². The molecule has 40 heavy (non-hydrogen) atoms. The fraction of sp³-hybridized carbons (Fsp3) is 0.548. The van der Waals surface area contributed by atoms with Gasteiger partial charge in [-0.3, -0.25) is 4.79 Å². The number of benzene rings is 1. The summed E-state index contributed by atoms with van der Waals surface area (Å²) in [6.45, 7) is 7.84. The molecule has 2 fully saturated rings. The first kappa shape index (κ1) is 28.4. The lowest BCUT2D eigenvalue weighted by Crippen LogP contribution is -2.29. The Balaban J connectivity index is 1.32. The van der Waals surface area contributed by atoms with Crippen LogP contribution in [0.1, 0.15) is 92.5 Å². The number of carbonyl (C=O) groups excluding carboxylic acids is 1. The van der Waals surface area contributed by atoms with E-state index in [0.29, 0.717) is 31.6 Å². The van der Waals surface area contributed by atoms with Crippen LogP contribution in [0.5, 0.6) is 0 Å². The number of ether oxygens (including phenoxy) is 2. The van der Waals surface area contributed by atoms with E-state index in [2.05, 4.69) is 34.4 Å². The molecule has 8 nitrogen and oxygen atoms in total. The van der Waals surface area contributed by atoms with E-state index in [1.165, 1.54) is 5.56 Å². The van der Waals surface area contributed by atoms with Gasteiger partial charge in [0.1, 0.15) is 11.4 Å². The summed E-state index contributed by atoms with van der Waals surface area (Å²) in [5.41, 5.74) is 11.0. The maximum absolute atomic E-state index is 14.3. The Kier molecular flexibility index (Phi) is 8.61. The number of nitrogens with one attached hydrogen (secondary N) is 1. The molecule has 1 aromatic carbocycles. The molecule has 3 aliphatic rings. The Hall–Kier alpha value is -3.17. The maximum Gasteiger partial charge on any atom is 0.256 e. The number of nitrogens with zero attached hydrogens (tertiary/aromatic N) is 3. The monoisotopic (exact) mass is 551 g/mol. The van der Waals surface area contributed by atoms with Crippen LogP contribution in [0, 0.1) is 5.82 Å².